The average molecular weight is 371 g/mol. The fraction of sp³-hybridized carbons (Fsp3) is 0.136. The topological polar surface area (TPSA) is 71.3 Å². The summed E-state index contributed by atoms with van der Waals surface area (Å²) in [6.45, 7) is 5.86. The number of aromatic nitrogens is 3. The minimum absolute atomic E-state index is 0.255. The summed E-state index contributed by atoms with van der Waals surface area (Å²) in [5, 5.41) is 10.8. The van der Waals surface area contributed by atoms with Crippen LogP contribution in [0.2, 0.25) is 0 Å². The van der Waals surface area contributed by atoms with E-state index in [2.05, 4.69) is 20.7 Å². The molecule has 140 valence electrons. The van der Waals surface area contributed by atoms with Gasteiger partial charge in [-0.25, -0.2) is 9.50 Å². The maximum atomic E-state index is 13.2. The van der Waals surface area contributed by atoms with Gasteiger partial charge in [0.05, 0.1) is 0 Å². The maximum absolute atomic E-state index is 13.2. The first-order valence-corrected chi connectivity index (χ1v) is 9.08. The summed E-state index contributed by atoms with van der Waals surface area (Å²) in [4.78, 5) is 17.7. The largest absolute Gasteiger partial charge is 0.338 e. The lowest BCUT2D eigenvalue weighted by atomic mass is 10.2. The number of carbonyl (C=O) groups excluding carboxylic acids is 1. The molecule has 2 N–H and O–H groups in total. The van der Waals surface area contributed by atoms with Crippen LogP contribution < -0.4 is 10.6 Å². The van der Waals surface area contributed by atoms with E-state index in [1.165, 1.54) is 0 Å². The molecule has 0 radical (unpaired) electrons. The number of para-hydroxylation sites is 1. The Morgan fingerprint density at radius 2 is 1.64 bits per heavy atom. The highest BCUT2D eigenvalue weighted by Crippen LogP contribution is 2.25. The van der Waals surface area contributed by atoms with Crippen molar-refractivity contribution in [2.24, 2.45) is 0 Å². The van der Waals surface area contributed by atoms with Crippen molar-refractivity contribution in [1.82, 2.24) is 14.6 Å². The molecule has 4 aromatic rings. The standard InChI is InChI=1S/C22H21N5O/c1-14-9-11-18(12-10-14)25-22(28)19-20(24-17-7-5-4-6-8-17)26-27-16(3)13-15(2)23-21(19)27/h4-13H,1-3H3,(H,24,26)(H,25,28). The summed E-state index contributed by atoms with van der Waals surface area (Å²) in [7, 11) is 0. The molecule has 28 heavy (non-hydrogen) atoms. The first kappa shape index (κ1) is 17.7. The van der Waals surface area contributed by atoms with E-state index < -0.39 is 0 Å². The van der Waals surface area contributed by atoms with Gasteiger partial charge in [-0.2, -0.15) is 0 Å². The molecule has 0 saturated carbocycles. The SMILES string of the molecule is Cc1ccc(NC(=O)c2c(Nc3ccccc3)nn3c(C)cc(C)nc23)cc1. The molecule has 0 unspecified atom stereocenters. The number of rotatable bonds is 4. The van der Waals surface area contributed by atoms with E-state index in [-0.39, 0.29) is 5.91 Å². The van der Waals surface area contributed by atoms with Gasteiger partial charge in [0.1, 0.15) is 5.56 Å². The first-order valence-electron chi connectivity index (χ1n) is 9.08. The Balaban J connectivity index is 1.80. The van der Waals surface area contributed by atoms with Crippen LogP contribution in [0.3, 0.4) is 0 Å². The lowest BCUT2D eigenvalue weighted by Crippen LogP contribution is -2.14. The molecule has 6 heteroatoms. The second kappa shape index (κ2) is 7.15. The monoisotopic (exact) mass is 371 g/mol. The van der Waals surface area contributed by atoms with Crippen LogP contribution >= 0.6 is 0 Å². The Morgan fingerprint density at radius 3 is 2.36 bits per heavy atom. The molecular weight excluding hydrogens is 350 g/mol. The van der Waals surface area contributed by atoms with Crippen molar-refractivity contribution in [3.8, 4) is 0 Å². The molecule has 0 spiro atoms. The van der Waals surface area contributed by atoms with Crippen LogP contribution in [0.25, 0.3) is 5.65 Å². The third-order valence-electron chi connectivity index (χ3n) is 4.47. The van der Waals surface area contributed by atoms with Gasteiger partial charge < -0.3 is 10.6 Å². The number of carbonyl (C=O) groups is 1. The zero-order chi connectivity index (χ0) is 19.7. The lowest BCUT2D eigenvalue weighted by molar-refractivity contribution is 0.102. The molecule has 0 aliphatic rings. The molecule has 0 fully saturated rings. The van der Waals surface area contributed by atoms with E-state index in [0.717, 1.165) is 28.3 Å². The van der Waals surface area contributed by atoms with Gasteiger partial charge in [0.15, 0.2) is 11.5 Å². The van der Waals surface area contributed by atoms with Gasteiger partial charge in [-0.1, -0.05) is 35.9 Å². The van der Waals surface area contributed by atoms with Crippen LogP contribution in [-0.4, -0.2) is 20.5 Å². The van der Waals surface area contributed by atoms with Gasteiger partial charge >= 0.3 is 0 Å². The summed E-state index contributed by atoms with van der Waals surface area (Å²) < 4.78 is 1.70. The molecule has 1 amide bonds. The van der Waals surface area contributed by atoms with Crippen molar-refractivity contribution < 1.29 is 4.79 Å². The summed E-state index contributed by atoms with van der Waals surface area (Å²) in [5.41, 5.74) is 5.40. The van der Waals surface area contributed by atoms with Crippen LogP contribution in [0.5, 0.6) is 0 Å². The average Bonchev–Trinajstić information content (AvgIpc) is 3.02. The second-order valence-corrected chi connectivity index (χ2v) is 6.81. The minimum Gasteiger partial charge on any atom is -0.338 e. The number of nitrogens with one attached hydrogen (secondary N) is 2. The third-order valence-corrected chi connectivity index (χ3v) is 4.47. The molecule has 6 nitrogen and oxygen atoms in total. The van der Waals surface area contributed by atoms with Gasteiger partial charge in [0, 0.05) is 22.8 Å². The van der Waals surface area contributed by atoms with Crippen molar-refractivity contribution in [3.63, 3.8) is 0 Å². The van der Waals surface area contributed by atoms with Crippen molar-refractivity contribution in [2.75, 3.05) is 10.6 Å². The molecule has 0 saturated heterocycles. The van der Waals surface area contributed by atoms with Crippen LogP contribution in [0.1, 0.15) is 27.3 Å². The number of benzene rings is 2. The second-order valence-electron chi connectivity index (χ2n) is 6.81. The molecule has 0 atom stereocenters. The quantitative estimate of drug-likeness (QED) is 0.548. The molecule has 0 aliphatic carbocycles. The van der Waals surface area contributed by atoms with Gasteiger partial charge in [0.25, 0.3) is 5.91 Å². The highest BCUT2D eigenvalue weighted by molar-refractivity contribution is 6.12. The zero-order valence-electron chi connectivity index (χ0n) is 16.0. The third kappa shape index (κ3) is 3.44. The number of aryl methyl sites for hydroxylation is 3. The molecule has 2 aromatic heterocycles. The van der Waals surface area contributed by atoms with Crippen LogP contribution in [0.15, 0.2) is 60.7 Å². The number of hydrogen-bond donors (Lipinski definition) is 2. The van der Waals surface area contributed by atoms with Gasteiger partial charge in [-0.15, -0.1) is 5.10 Å². The van der Waals surface area contributed by atoms with Crippen molar-refractivity contribution in [3.05, 3.63) is 83.2 Å². The molecule has 2 heterocycles. The van der Waals surface area contributed by atoms with Crippen LogP contribution in [0.4, 0.5) is 17.2 Å². The molecule has 2 aromatic carbocycles. The van der Waals surface area contributed by atoms with E-state index in [0.29, 0.717) is 17.0 Å². The summed E-state index contributed by atoms with van der Waals surface area (Å²) in [5.74, 6) is 0.215. The van der Waals surface area contributed by atoms with Crippen molar-refractivity contribution >= 4 is 28.7 Å². The summed E-state index contributed by atoms with van der Waals surface area (Å²) in [6, 6.07) is 19.3. The number of nitrogens with zero attached hydrogens (tertiary/aromatic N) is 3. The predicted molar refractivity (Wildman–Crippen MR) is 111 cm³/mol. The van der Waals surface area contributed by atoms with E-state index in [1.54, 1.807) is 4.52 Å². The summed E-state index contributed by atoms with van der Waals surface area (Å²) in [6.07, 6.45) is 0. The van der Waals surface area contributed by atoms with Gasteiger partial charge in [-0.05, 0) is 51.1 Å². The fourth-order valence-corrected chi connectivity index (χ4v) is 3.11. The Labute approximate surface area is 163 Å². The Bertz CT molecular complexity index is 1150. The maximum Gasteiger partial charge on any atom is 0.263 e. The Kier molecular flexibility index (Phi) is 4.53. The highest BCUT2D eigenvalue weighted by Gasteiger charge is 2.22. The fourth-order valence-electron chi connectivity index (χ4n) is 3.11. The van der Waals surface area contributed by atoms with E-state index in [1.807, 2.05) is 81.4 Å². The zero-order valence-corrected chi connectivity index (χ0v) is 16.0. The lowest BCUT2D eigenvalue weighted by Gasteiger charge is -2.08. The molecule has 0 aliphatic heterocycles. The van der Waals surface area contributed by atoms with E-state index in [4.69, 9.17) is 0 Å². The number of amides is 1. The summed E-state index contributed by atoms with van der Waals surface area (Å²) >= 11 is 0. The van der Waals surface area contributed by atoms with Gasteiger partial charge in [-0.3, -0.25) is 4.79 Å². The van der Waals surface area contributed by atoms with E-state index in [9.17, 15) is 4.79 Å². The first-order chi connectivity index (χ1) is 13.5. The molecular formula is C22H21N5O. The smallest absolute Gasteiger partial charge is 0.263 e. The van der Waals surface area contributed by atoms with Gasteiger partial charge in [0.2, 0.25) is 0 Å². The predicted octanol–water partition coefficient (Wildman–Crippen LogP) is 4.65. The minimum atomic E-state index is -0.255. The molecule has 4 rings (SSSR count). The normalized spacial score (nSPS) is 10.8. The number of fused-ring (bicyclic) bond motifs is 1. The van der Waals surface area contributed by atoms with Crippen LogP contribution in [0, 0.1) is 20.8 Å². The number of hydrogen-bond acceptors (Lipinski definition) is 4. The van der Waals surface area contributed by atoms with E-state index >= 15 is 0 Å². The molecule has 0 bridgehead atoms. The Morgan fingerprint density at radius 1 is 0.929 bits per heavy atom. The van der Waals surface area contributed by atoms with Crippen molar-refractivity contribution in [2.45, 2.75) is 20.8 Å². The van der Waals surface area contributed by atoms with Crippen molar-refractivity contribution in [1.29, 1.82) is 0 Å². The number of anilines is 3. The Hall–Kier alpha value is -3.67. The highest BCUT2D eigenvalue weighted by atomic mass is 16.1. The van der Waals surface area contributed by atoms with Crippen LogP contribution in [-0.2, 0) is 0 Å².